The monoisotopic (exact) mass is 298 g/mol. The maximum absolute atomic E-state index is 5.92. The summed E-state index contributed by atoms with van der Waals surface area (Å²) in [6.07, 6.45) is 1.87. The molecule has 0 bridgehead atoms. The number of hydrogen-bond donors (Lipinski definition) is 0. The smallest absolute Gasteiger partial charge is 0.128 e. The van der Waals surface area contributed by atoms with Gasteiger partial charge in [-0.2, -0.15) is 0 Å². The molecule has 0 aliphatic carbocycles. The molecule has 116 valence electrons. The summed E-state index contributed by atoms with van der Waals surface area (Å²) in [5.41, 5.74) is 2.09. The van der Waals surface area contributed by atoms with Crippen molar-refractivity contribution in [2.45, 2.75) is 12.6 Å². The molecule has 22 heavy (non-hydrogen) atoms. The Hall–Kier alpha value is -1.98. The Bertz CT molecular complexity index is 603. The lowest BCUT2D eigenvalue weighted by atomic mass is 10.1. The summed E-state index contributed by atoms with van der Waals surface area (Å²) in [5, 5.41) is 0. The average Bonchev–Trinajstić information content (AvgIpc) is 2.56. The van der Waals surface area contributed by atoms with Gasteiger partial charge in [0.05, 0.1) is 18.0 Å². The van der Waals surface area contributed by atoms with Crippen molar-refractivity contribution in [1.29, 1.82) is 0 Å². The van der Waals surface area contributed by atoms with Crippen LogP contribution in [-0.4, -0.2) is 48.7 Å². The Morgan fingerprint density at radius 1 is 1.23 bits per heavy atom. The van der Waals surface area contributed by atoms with Gasteiger partial charge in [-0.05, 0) is 24.3 Å². The van der Waals surface area contributed by atoms with Gasteiger partial charge in [0.2, 0.25) is 0 Å². The molecule has 0 amide bonds. The first-order valence-electron chi connectivity index (χ1n) is 7.60. The maximum atomic E-state index is 5.92. The second kappa shape index (κ2) is 6.85. The molecule has 1 saturated heterocycles. The Kier molecular flexibility index (Phi) is 4.65. The quantitative estimate of drug-likeness (QED) is 0.865. The van der Waals surface area contributed by atoms with Crippen molar-refractivity contribution in [1.82, 2.24) is 14.9 Å². The molecule has 2 aromatic heterocycles. The first-order valence-corrected chi connectivity index (χ1v) is 7.60. The number of nitrogens with zero attached hydrogens (tertiary/aromatic N) is 4. The Balaban J connectivity index is 1.69. The number of hydrogen-bond acceptors (Lipinski definition) is 5. The Morgan fingerprint density at radius 3 is 2.91 bits per heavy atom. The average molecular weight is 298 g/mol. The van der Waals surface area contributed by atoms with Gasteiger partial charge >= 0.3 is 0 Å². The number of ether oxygens (including phenoxy) is 1. The highest BCUT2D eigenvalue weighted by Crippen LogP contribution is 2.23. The van der Waals surface area contributed by atoms with Gasteiger partial charge in [-0.1, -0.05) is 12.1 Å². The minimum absolute atomic E-state index is 0.0253. The van der Waals surface area contributed by atoms with Crippen molar-refractivity contribution in [3.8, 4) is 0 Å². The lowest BCUT2D eigenvalue weighted by Crippen LogP contribution is -2.38. The minimum atomic E-state index is 0.0253. The molecule has 5 nitrogen and oxygen atoms in total. The van der Waals surface area contributed by atoms with E-state index >= 15 is 0 Å². The normalized spacial score (nSPS) is 19.1. The molecule has 3 rings (SSSR count). The fourth-order valence-electron chi connectivity index (χ4n) is 2.61. The van der Waals surface area contributed by atoms with Crippen LogP contribution < -0.4 is 4.90 Å². The molecule has 1 aliphatic heterocycles. The van der Waals surface area contributed by atoms with Gasteiger partial charge in [-0.25, -0.2) is 4.98 Å². The van der Waals surface area contributed by atoms with Gasteiger partial charge in [0.15, 0.2) is 0 Å². The van der Waals surface area contributed by atoms with Crippen LogP contribution in [0, 0.1) is 0 Å². The van der Waals surface area contributed by atoms with Crippen LogP contribution in [0.2, 0.25) is 0 Å². The summed E-state index contributed by atoms with van der Waals surface area (Å²) in [6.45, 7) is 3.36. The number of aromatic nitrogens is 2. The van der Waals surface area contributed by atoms with Crippen LogP contribution >= 0.6 is 0 Å². The largest absolute Gasteiger partial charge is 0.369 e. The molecule has 1 unspecified atom stereocenters. The van der Waals surface area contributed by atoms with E-state index in [9.17, 15) is 0 Å². The molecule has 2 aromatic rings. The number of rotatable bonds is 4. The molecule has 5 heteroatoms. The van der Waals surface area contributed by atoms with Crippen molar-refractivity contribution >= 4 is 5.82 Å². The Morgan fingerprint density at radius 2 is 2.14 bits per heavy atom. The zero-order valence-electron chi connectivity index (χ0n) is 13.1. The molecule has 1 aliphatic rings. The third-order valence-corrected chi connectivity index (χ3v) is 3.81. The molecule has 0 N–H and O–H groups in total. The summed E-state index contributed by atoms with van der Waals surface area (Å²) >= 11 is 0. The topological polar surface area (TPSA) is 41.5 Å². The van der Waals surface area contributed by atoms with Crippen molar-refractivity contribution in [3.63, 3.8) is 0 Å². The van der Waals surface area contributed by atoms with Crippen molar-refractivity contribution in [2.75, 3.05) is 38.7 Å². The second-order valence-corrected chi connectivity index (χ2v) is 5.73. The van der Waals surface area contributed by atoms with Gasteiger partial charge in [0.25, 0.3) is 0 Å². The predicted octanol–water partition coefficient (Wildman–Crippen LogP) is 2.12. The molecular formula is C17H22N4O. The molecule has 1 fully saturated rings. The third kappa shape index (κ3) is 3.61. The summed E-state index contributed by atoms with van der Waals surface area (Å²) in [5.74, 6) is 0.961. The van der Waals surface area contributed by atoms with E-state index in [2.05, 4.69) is 16.0 Å². The van der Waals surface area contributed by atoms with E-state index in [0.717, 1.165) is 43.4 Å². The van der Waals surface area contributed by atoms with Crippen molar-refractivity contribution < 1.29 is 4.74 Å². The number of morpholine rings is 1. The summed E-state index contributed by atoms with van der Waals surface area (Å²) in [4.78, 5) is 13.5. The zero-order valence-corrected chi connectivity index (χ0v) is 13.1. The Labute approximate surface area is 131 Å². The van der Waals surface area contributed by atoms with Gasteiger partial charge in [-0.15, -0.1) is 0 Å². The van der Waals surface area contributed by atoms with Crippen molar-refractivity contribution in [3.05, 3.63) is 54.0 Å². The highest BCUT2D eigenvalue weighted by molar-refractivity contribution is 5.37. The minimum Gasteiger partial charge on any atom is -0.369 e. The highest BCUT2D eigenvalue weighted by Gasteiger charge is 2.23. The van der Waals surface area contributed by atoms with Gasteiger partial charge in [0, 0.05) is 39.9 Å². The third-order valence-electron chi connectivity index (χ3n) is 3.81. The van der Waals surface area contributed by atoms with E-state index in [4.69, 9.17) is 9.72 Å². The van der Waals surface area contributed by atoms with Crippen LogP contribution in [0.15, 0.2) is 42.6 Å². The number of anilines is 1. The van der Waals surface area contributed by atoms with Gasteiger partial charge in [-0.3, -0.25) is 9.88 Å². The molecule has 0 aromatic carbocycles. The fraction of sp³-hybridized carbons (Fsp3) is 0.412. The van der Waals surface area contributed by atoms with Crippen LogP contribution in [-0.2, 0) is 11.3 Å². The van der Waals surface area contributed by atoms with Gasteiger partial charge in [0.1, 0.15) is 11.9 Å². The van der Waals surface area contributed by atoms with Gasteiger partial charge < -0.3 is 9.64 Å². The molecular weight excluding hydrogens is 276 g/mol. The first-order chi connectivity index (χ1) is 10.7. The lowest BCUT2D eigenvalue weighted by molar-refractivity contribution is -0.0352. The second-order valence-electron chi connectivity index (χ2n) is 5.73. The van der Waals surface area contributed by atoms with E-state index in [0.29, 0.717) is 0 Å². The summed E-state index contributed by atoms with van der Waals surface area (Å²) in [6, 6.07) is 12.1. The van der Waals surface area contributed by atoms with Crippen LogP contribution in [0.25, 0.3) is 0 Å². The molecule has 3 heterocycles. The first kappa shape index (κ1) is 14.9. The molecule has 0 radical (unpaired) electrons. The van der Waals surface area contributed by atoms with E-state index < -0.39 is 0 Å². The maximum Gasteiger partial charge on any atom is 0.128 e. The SMILES string of the molecule is CN(C)c1cccc(C2CN(Cc3ccccn3)CCO2)n1. The zero-order chi connectivity index (χ0) is 15.4. The number of pyridine rings is 2. The van der Waals surface area contributed by atoms with Crippen LogP contribution in [0.3, 0.4) is 0 Å². The van der Waals surface area contributed by atoms with Crippen LogP contribution in [0.1, 0.15) is 17.5 Å². The fourth-order valence-corrected chi connectivity index (χ4v) is 2.61. The van der Waals surface area contributed by atoms with E-state index in [-0.39, 0.29) is 6.10 Å². The highest BCUT2D eigenvalue weighted by atomic mass is 16.5. The van der Waals surface area contributed by atoms with Crippen LogP contribution in [0.5, 0.6) is 0 Å². The molecule has 0 saturated carbocycles. The van der Waals surface area contributed by atoms with E-state index in [1.165, 1.54) is 0 Å². The van der Waals surface area contributed by atoms with Crippen molar-refractivity contribution in [2.24, 2.45) is 0 Å². The summed E-state index contributed by atoms with van der Waals surface area (Å²) < 4.78 is 5.92. The lowest BCUT2D eigenvalue weighted by Gasteiger charge is -2.32. The standard InChI is InChI=1S/C17H22N4O/c1-20(2)17-8-5-7-15(19-17)16-13-21(10-11-22-16)12-14-6-3-4-9-18-14/h3-9,16H,10-13H2,1-2H3. The van der Waals surface area contributed by atoms with E-state index in [1.807, 2.05) is 55.5 Å². The molecule has 0 spiro atoms. The predicted molar refractivity (Wildman–Crippen MR) is 86.8 cm³/mol. The van der Waals surface area contributed by atoms with Crippen LogP contribution in [0.4, 0.5) is 5.82 Å². The van der Waals surface area contributed by atoms with E-state index in [1.54, 1.807) is 0 Å². The summed E-state index contributed by atoms with van der Waals surface area (Å²) in [7, 11) is 4.00. The molecule has 1 atom stereocenters.